The van der Waals surface area contributed by atoms with Crippen LogP contribution in [0.2, 0.25) is 0 Å². The van der Waals surface area contributed by atoms with E-state index in [0.717, 1.165) is 5.56 Å². The molecule has 3 rings (SSSR count). The lowest BCUT2D eigenvalue weighted by Crippen LogP contribution is -2.03. The molecule has 0 spiro atoms. The normalized spacial score (nSPS) is 10.5. The molecule has 0 aliphatic heterocycles. The topological polar surface area (TPSA) is 85.5 Å². The highest BCUT2D eigenvalue weighted by atomic mass is 32.1. The average molecular weight is 302 g/mol. The smallest absolute Gasteiger partial charge is 0.339 e. The molecule has 7 heteroatoms. The van der Waals surface area contributed by atoms with Gasteiger partial charge in [0.05, 0.1) is 0 Å². The highest BCUT2D eigenvalue weighted by Crippen LogP contribution is 2.21. The molecule has 1 aromatic carbocycles. The van der Waals surface area contributed by atoms with E-state index in [0.29, 0.717) is 5.82 Å². The fourth-order valence-electron chi connectivity index (χ4n) is 1.73. The first kappa shape index (κ1) is 13.3. The van der Waals surface area contributed by atoms with E-state index in [1.807, 2.05) is 16.8 Å². The molecule has 3 aromatic rings. The number of para-hydroxylation sites is 1. The molecule has 0 atom stereocenters. The molecule has 1 N–H and O–H groups in total. The first-order chi connectivity index (χ1) is 10.2. The lowest BCUT2D eigenvalue weighted by molar-refractivity contribution is 0.0691. The minimum absolute atomic E-state index is 0.0153. The zero-order valence-corrected chi connectivity index (χ0v) is 11.5. The number of carboxylic acids is 1. The minimum atomic E-state index is -1.05. The van der Waals surface area contributed by atoms with Crippen LogP contribution in [0.5, 0.6) is 5.75 Å². The Kier molecular flexibility index (Phi) is 3.65. The highest BCUT2D eigenvalue weighted by Gasteiger charge is 2.13. The van der Waals surface area contributed by atoms with Gasteiger partial charge in [0.15, 0.2) is 6.61 Å². The van der Waals surface area contributed by atoms with Crippen LogP contribution in [0.15, 0.2) is 45.6 Å². The Balaban J connectivity index is 1.73. The van der Waals surface area contributed by atoms with Gasteiger partial charge in [-0.15, -0.1) is 0 Å². The largest absolute Gasteiger partial charge is 0.483 e. The third kappa shape index (κ3) is 2.92. The zero-order chi connectivity index (χ0) is 14.7. The summed E-state index contributed by atoms with van der Waals surface area (Å²) in [4.78, 5) is 15.3. The Morgan fingerprint density at radius 3 is 2.95 bits per heavy atom. The van der Waals surface area contributed by atoms with Gasteiger partial charge < -0.3 is 14.4 Å². The van der Waals surface area contributed by atoms with Crippen LogP contribution in [0, 0.1) is 0 Å². The van der Waals surface area contributed by atoms with Crippen molar-refractivity contribution in [1.29, 1.82) is 0 Å². The van der Waals surface area contributed by atoms with E-state index in [9.17, 15) is 4.79 Å². The van der Waals surface area contributed by atoms with E-state index in [1.165, 1.54) is 6.07 Å². The first-order valence-corrected chi connectivity index (χ1v) is 6.98. The van der Waals surface area contributed by atoms with Crippen molar-refractivity contribution in [3.8, 4) is 17.1 Å². The van der Waals surface area contributed by atoms with Crippen LogP contribution in [0.3, 0.4) is 0 Å². The standard InChI is InChI=1S/C14H10N2O4S/c17-14(18)10-3-1-2-4-11(10)19-7-12-15-13(16-20-12)9-5-6-21-8-9/h1-6,8H,7H2,(H,17,18). The van der Waals surface area contributed by atoms with Crippen molar-refractivity contribution >= 4 is 17.3 Å². The molecule has 2 heterocycles. The van der Waals surface area contributed by atoms with Gasteiger partial charge in [-0.2, -0.15) is 16.3 Å². The summed E-state index contributed by atoms with van der Waals surface area (Å²) in [5.74, 6) is -0.00636. The maximum absolute atomic E-state index is 11.1. The van der Waals surface area contributed by atoms with Gasteiger partial charge in [0.2, 0.25) is 5.82 Å². The molecule has 0 radical (unpaired) electrons. The molecule has 2 aromatic heterocycles. The van der Waals surface area contributed by atoms with Crippen molar-refractivity contribution in [2.24, 2.45) is 0 Å². The van der Waals surface area contributed by atoms with Gasteiger partial charge in [0.1, 0.15) is 11.3 Å². The second kappa shape index (κ2) is 5.76. The molecule has 0 saturated carbocycles. The van der Waals surface area contributed by atoms with Crippen LogP contribution < -0.4 is 4.74 Å². The monoisotopic (exact) mass is 302 g/mol. The third-order valence-corrected chi connectivity index (χ3v) is 3.40. The van der Waals surface area contributed by atoms with E-state index in [2.05, 4.69) is 10.1 Å². The van der Waals surface area contributed by atoms with Crippen LogP contribution in [0.1, 0.15) is 16.2 Å². The summed E-state index contributed by atoms with van der Waals surface area (Å²) in [5, 5.41) is 16.7. The molecular weight excluding hydrogens is 292 g/mol. The number of carbonyl (C=O) groups is 1. The second-order valence-corrected chi connectivity index (χ2v) is 4.89. The van der Waals surface area contributed by atoms with Crippen molar-refractivity contribution in [3.05, 3.63) is 52.5 Å². The van der Waals surface area contributed by atoms with E-state index >= 15 is 0 Å². The van der Waals surface area contributed by atoms with Gasteiger partial charge in [0.25, 0.3) is 5.89 Å². The number of nitrogens with zero attached hydrogens (tertiary/aromatic N) is 2. The summed E-state index contributed by atoms with van der Waals surface area (Å²) in [5.41, 5.74) is 0.969. The molecule has 106 valence electrons. The number of aromatic carboxylic acids is 1. The predicted molar refractivity (Wildman–Crippen MR) is 75.3 cm³/mol. The van der Waals surface area contributed by atoms with E-state index in [-0.39, 0.29) is 23.8 Å². The Hall–Kier alpha value is -2.67. The van der Waals surface area contributed by atoms with Crippen LogP contribution in [0.25, 0.3) is 11.4 Å². The first-order valence-electron chi connectivity index (χ1n) is 6.04. The quantitative estimate of drug-likeness (QED) is 0.779. The number of carboxylic acid groups (broad SMARTS) is 1. The molecule has 0 unspecified atom stereocenters. The summed E-state index contributed by atoms with van der Waals surface area (Å²) in [6.45, 7) is 0.0153. The van der Waals surface area contributed by atoms with Crippen molar-refractivity contribution in [3.63, 3.8) is 0 Å². The summed E-state index contributed by atoms with van der Waals surface area (Å²) in [6.07, 6.45) is 0. The lowest BCUT2D eigenvalue weighted by Gasteiger charge is -2.05. The summed E-state index contributed by atoms with van der Waals surface area (Å²) in [6, 6.07) is 8.28. The molecule has 0 aliphatic carbocycles. The summed E-state index contributed by atoms with van der Waals surface area (Å²) < 4.78 is 10.5. The van der Waals surface area contributed by atoms with Gasteiger partial charge in [-0.25, -0.2) is 4.79 Å². The number of rotatable bonds is 5. The van der Waals surface area contributed by atoms with Crippen molar-refractivity contribution < 1.29 is 19.2 Å². The van der Waals surface area contributed by atoms with Gasteiger partial charge in [0, 0.05) is 10.9 Å². The van der Waals surface area contributed by atoms with E-state index < -0.39 is 5.97 Å². The van der Waals surface area contributed by atoms with Crippen LogP contribution in [0.4, 0.5) is 0 Å². The van der Waals surface area contributed by atoms with E-state index in [1.54, 1.807) is 29.5 Å². The van der Waals surface area contributed by atoms with Crippen molar-refractivity contribution in [2.75, 3.05) is 0 Å². The SMILES string of the molecule is O=C(O)c1ccccc1OCc1nc(-c2ccsc2)no1. The molecule has 0 saturated heterocycles. The third-order valence-electron chi connectivity index (χ3n) is 2.72. The zero-order valence-electron chi connectivity index (χ0n) is 10.7. The minimum Gasteiger partial charge on any atom is -0.483 e. The van der Waals surface area contributed by atoms with E-state index in [4.69, 9.17) is 14.4 Å². The van der Waals surface area contributed by atoms with Crippen LogP contribution in [-0.4, -0.2) is 21.2 Å². The van der Waals surface area contributed by atoms with Gasteiger partial charge >= 0.3 is 5.97 Å². The van der Waals surface area contributed by atoms with Crippen LogP contribution in [-0.2, 0) is 6.61 Å². The number of benzene rings is 1. The number of thiophene rings is 1. The Bertz CT molecular complexity index is 752. The summed E-state index contributed by atoms with van der Waals surface area (Å²) in [7, 11) is 0. The fraction of sp³-hybridized carbons (Fsp3) is 0.0714. The van der Waals surface area contributed by atoms with Gasteiger partial charge in [-0.3, -0.25) is 0 Å². The maximum Gasteiger partial charge on any atom is 0.339 e. The van der Waals surface area contributed by atoms with Gasteiger partial charge in [-0.1, -0.05) is 17.3 Å². The highest BCUT2D eigenvalue weighted by molar-refractivity contribution is 7.08. The van der Waals surface area contributed by atoms with Gasteiger partial charge in [-0.05, 0) is 23.6 Å². The Morgan fingerprint density at radius 1 is 1.33 bits per heavy atom. The van der Waals surface area contributed by atoms with Crippen LogP contribution >= 0.6 is 11.3 Å². The van der Waals surface area contributed by atoms with Crippen molar-refractivity contribution in [2.45, 2.75) is 6.61 Å². The fourth-order valence-corrected chi connectivity index (χ4v) is 2.37. The maximum atomic E-state index is 11.1. The predicted octanol–water partition coefficient (Wildman–Crippen LogP) is 3.08. The summed E-state index contributed by atoms with van der Waals surface area (Å²) >= 11 is 1.54. The second-order valence-electron chi connectivity index (χ2n) is 4.11. The number of hydrogen-bond acceptors (Lipinski definition) is 6. The molecule has 0 bridgehead atoms. The molecule has 0 aliphatic rings. The van der Waals surface area contributed by atoms with Crippen molar-refractivity contribution in [1.82, 2.24) is 10.1 Å². The molecule has 0 fully saturated rings. The Morgan fingerprint density at radius 2 is 2.19 bits per heavy atom. The molecular formula is C14H10N2O4S. The lowest BCUT2D eigenvalue weighted by atomic mass is 10.2. The molecule has 21 heavy (non-hydrogen) atoms. The molecule has 6 nitrogen and oxygen atoms in total. The Labute approximate surface area is 123 Å². The number of aromatic nitrogens is 2. The molecule has 0 amide bonds. The number of ether oxygens (including phenoxy) is 1. The number of hydrogen-bond donors (Lipinski definition) is 1. The average Bonchev–Trinajstić information content (AvgIpc) is 3.16.